The normalized spacial score (nSPS) is 13.9. The molecule has 1 nitrogen and oxygen atoms in total. The summed E-state index contributed by atoms with van der Waals surface area (Å²) in [7, 11) is 0. The molecule has 0 aliphatic heterocycles. The molecule has 0 amide bonds. The molecule has 0 aromatic carbocycles. The van der Waals surface area contributed by atoms with Gasteiger partial charge in [0.25, 0.3) is 0 Å². The zero-order valence-corrected chi connectivity index (χ0v) is 7.94. The molecule has 0 rings (SSSR count). The van der Waals surface area contributed by atoms with Crippen LogP contribution in [0.3, 0.4) is 0 Å². The Balaban J connectivity index is 3.35. The van der Waals surface area contributed by atoms with E-state index in [0.717, 1.165) is 26.1 Å². The van der Waals surface area contributed by atoms with Crippen LogP contribution in [0.15, 0.2) is 0 Å². The smallest absolute Gasteiger partial charge is 0.0985 e. The van der Waals surface area contributed by atoms with Gasteiger partial charge in [-0.3, -0.25) is 0 Å². The molecule has 0 bridgehead atoms. The number of nitrogens with zero attached hydrogens (tertiary/aromatic N) is 1. The summed E-state index contributed by atoms with van der Waals surface area (Å²) < 4.78 is 12.4. The van der Waals surface area contributed by atoms with Gasteiger partial charge >= 0.3 is 0 Å². The minimum absolute atomic E-state index is 0.652. The lowest BCUT2D eigenvalue weighted by Gasteiger charge is -2.19. The summed E-state index contributed by atoms with van der Waals surface area (Å²) in [5.74, 6) is 0. The van der Waals surface area contributed by atoms with E-state index in [1.165, 1.54) is 0 Å². The molecule has 0 fully saturated rings. The first-order valence-electron chi connectivity index (χ1n) is 4.57. The van der Waals surface area contributed by atoms with E-state index < -0.39 is 6.17 Å². The summed E-state index contributed by atoms with van der Waals surface area (Å²) in [6, 6.07) is 0. The van der Waals surface area contributed by atoms with Crippen LogP contribution in [0, 0.1) is 0 Å². The predicted molar refractivity (Wildman–Crippen MR) is 47.6 cm³/mol. The van der Waals surface area contributed by atoms with Crippen LogP contribution in [0.4, 0.5) is 4.39 Å². The molecule has 11 heavy (non-hydrogen) atoms. The molecule has 1 atom stereocenters. The van der Waals surface area contributed by atoms with Crippen molar-refractivity contribution in [2.45, 2.75) is 39.8 Å². The Bertz CT molecular complexity index is 83.6. The monoisotopic (exact) mass is 161 g/mol. The average Bonchev–Trinajstić information content (AvgIpc) is 1.97. The summed E-state index contributed by atoms with van der Waals surface area (Å²) in [5.41, 5.74) is 0. The molecule has 0 radical (unpaired) electrons. The Hall–Kier alpha value is -0.110. The lowest BCUT2D eigenvalue weighted by atomic mass is 10.3. The number of rotatable bonds is 6. The second kappa shape index (κ2) is 6.59. The molecule has 0 saturated carbocycles. The molecule has 1 unspecified atom stereocenters. The highest BCUT2D eigenvalue weighted by Crippen LogP contribution is 1.99. The summed E-state index contributed by atoms with van der Waals surface area (Å²) >= 11 is 0. The van der Waals surface area contributed by atoms with Crippen LogP contribution in [-0.4, -0.2) is 30.7 Å². The Morgan fingerprint density at radius 2 is 1.91 bits per heavy atom. The van der Waals surface area contributed by atoms with Crippen molar-refractivity contribution in [3.63, 3.8) is 0 Å². The van der Waals surface area contributed by atoms with E-state index in [-0.39, 0.29) is 0 Å². The highest BCUT2D eigenvalue weighted by Gasteiger charge is 2.03. The first kappa shape index (κ1) is 10.9. The quantitative estimate of drug-likeness (QED) is 0.578. The second-order valence-electron chi connectivity index (χ2n) is 3.00. The fourth-order valence-corrected chi connectivity index (χ4v) is 1.10. The summed E-state index contributed by atoms with van der Waals surface area (Å²) in [6.07, 6.45) is 1.18. The van der Waals surface area contributed by atoms with Crippen LogP contribution >= 0.6 is 0 Å². The Kier molecular flexibility index (Phi) is 6.52. The molecule has 0 heterocycles. The van der Waals surface area contributed by atoms with Crippen molar-refractivity contribution >= 4 is 0 Å². The minimum Gasteiger partial charge on any atom is -0.304 e. The van der Waals surface area contributed by atoms with Gasteiger partial charge in [-0.2, -0.15) is 0 Å². The van der Waals surface area contributed by atoms with Gasteiger partial charge in [-0.15, -0.1) is 0 Å². The predicted octanol–water partition coefficient (Wildman–Crippen LogP) is 2.47. The third-order valence-electron chi connectivity index (χ3n) is 1.83. The molecule has 2 heteroatoms. The van der Waals surface area contributed by atoms with Gasteiger partial charge in [0.05, 0.1) is 6.17 Å². The third kappa shape index (κ3) is 6.29. The largest absolute Gasteiger partial charge is 0.304 e. The maximum atomic E-state index is 12.4. The van der Waals surface area contributed by atoms with Crippen molar-refractivity contribution in [2.75, 3.05) is 19.6 Å². The maximum absolute atomic E-state index is 12.4. The van der Waals surface area contributed by atoms with Crippen LogP contribution in [0.25, 0.3) is 0 Å². The minimum atomic E-state index is -0.652. The van der Waals surface area contributed by atoms with Crippen molar-refractivity contribution in [1.82, 2.24) is 4.90 Å². The maximum Gasteiger partial charge on any atom is 0.0985 e. The lowest BCUT2D eigenvalue weighted by Crippen LogP contribution is -2.26. The van der Waals surface area contributed by atoms with Gasteiger partial charge in [-0.1, -0.05) is 13.8 Å². The van der Waals surface area contributed by atoms with E-state index in [4.69, 9.17) is 0 Å². The topological polar surface area (TPSA) is 3.24 Å². The highest BCUT2D eigenvalue weighted by atomic mass is 19.1. The van der Waals surface area contributed by atoms with Gasteiger partial charge in [0, 0.05) is 6.54 Å². The second-order valence-corrected chi connectivity index (χ2v) is 3.00. The summed E-state index contributed by atoms with van der Waals surface area (Å²) in [6.45, 7) is 8.95. The average molecular weight is 161 g/mol. The van der Waals surface area contributed by atoms with Crippen molar-refractivity contribution in [1.29, 1.82) is 0 Å². The Morgan fingerprint density at radius 3 is 2.27 bits per heavy atom. The first-order valence-corrected chi connectivity index (χ1v) is 4.57. The molecule has 0 N–H and O–H groups in total. The first-order chi connectivity index (χ1) is 5.20. The fourth-order valence-electron chi connectivity index (χ4n) is 1.10. The number of hydrogen-bond donors (Lipinski definition) is 0. The van der Waals surface area contributed by atoms with E-state index in [1.54, 1.807) is 6.92 Å². The van der Waals surface area contributed by atoms with Crippen molar-refractivity contribution in [3.8, 4) is 0 Å². The third-order valence-corrected chi connectivity index (χ3v) is 1.83. The van der Waals surface area contributed by atoms with Crippen LogP contribution in [-0.2, 0) is 0 Å². The zero-order chi connectivity index (χ0) is 8.69. The van der Waals surface area contributed by atoms with E-state index in [9.17, 15) is 4.39 Å². The number of halogens is 1. The van der Waals surface area contributed by atoms with Gasteiger partial charge in [-0.25, -0.2) is 4.39 Å². The van der Waals surface area contributed by atoms with E-state index in [2.05, 4.69) is 18.7 Å². The van der Waals surface area contributed by atoms with Gasteiger partial charge < -0.3 is 4.90 Å². The van der Waals surface area contributed by atoms with Crippen molar-refractivity contribution in [3.05, 3.63) is 0 Å². The molecule has 0 aliphatic rings. The molecule has 0 aromatic heterocycles. The van der Waals surface area contributed by atoms with E-state index in [0.29, 0.717) is 6.42 Å². The molecule has 0 spiro atoms. The fraction of sp³-hybridized carbons (Fsp3) is 1.00. The van der Waals surface area contributed by atoms with Gasteiger partial charge in [-0.05, 0) is 32.9 Å². The van der Waals surface area contributed by atoms with Crippen LogP contribution in [0.1, 0.15) is 33.6 Å². The zero-order valence-electron chi connectivity index (χ0n) is 7.94. The molecular formula is C9H20FN. The SMILES string of the molecule is CCCN(CC)CCC(C)F. The number of hydrogen-bond acceptors (Lipinski definition) is 1. The summed E-state index contributed by atoms with van der Waals surface area (Å²) in [5, 5.41) is 0. The van der Waals surface area contributed by atoms with Gasteiger partial charge in [0.15, 0.2) is 0 Å². The van der Waals surface area contributed by atoms with Gasteiger partial charge in [0.2, 0.25) is 0 Å². The molecule has 0 aromatic rings. The molecule has 0 aliphatic carbocycles. The lowest BCUT2D eigenvalue weighted by molar-refractivity contribution is 0.240. The Morgan fingerprint density at radius 1 is 1.27 bits per heavy atom. The molecule has 68 valence electrons. The van der Waals surface area contributed by atoms with Crippen LogP contribution in [0.5, 0.6) is 0 Å². The Labute approximate surface area is 69.6 Å². The van der Waals surface area contributed by atoms with Gasteiger partial charge in [0.1, 0.15) is 0 Å². The number of alkyl halides is 1. The molecule has 0 saturated heterocycles. The van der Waals surface area contributed by atoms with Crippen molar-refractivity contribution < 1.29 is 4.39 Å². The summed E-state index contributed by atoms with van der Waals surface area (Å²) in [4.78, 5) is 2.29. The van der Waals surface area contributed by atoms with Crippen LogP contribution < -0.4 is 0 Å². The van der Waals surface area contributed by atoms with E-state index >= 15 is 0 Å². The van der Waals surface area contributed by atoms with Crippen LogP contribution in [0.2, 0.25) is 0 Å². The van der Waals surface area contributed by atoms with E-state index in [1.807, 2.05) is 0 Å². The molecular weight excluding hydrogens is 141 g/mol. The van der Waals surface area contributed by atoms with Crippen molar-refractivity contribution in [2.24, 2.45) is 0 Å². The highest BCUT2D eigenvalue weighted by molar-refractivity contribution is 4.57. The standard InChI is InChI=1S/C9H20FN/c1-4-7-11(5-2)8-6-9(3)10/h9H,4-8H2,1-3H3.